The van der Waals surface area contributed by atoms with Gasteiger partial charge < -0.3 is 15.5 Å². The molecule has 0 aliphatic rings. The minimum Gasteiger partial charge on any atom is -0.504 e. The average Bonchev–Trinajstić information content (AvgIpc) is 2.50. The van der Waals surface area contributed by atoms with Crippen molar-refractivity contribution in [1.29, 1.82) is 0 Å². The lowest BCUT2D eigenvalue weighted by molar-refractivity contribution is 0.405. The van der Waals surface area contributed by atoms with Gasteiger partial charge in [-0.25, -0.2) is 14.4 Å². The highest BCUT2D eigenvalue weighted by Gasteiger charge is 2.13. The van der Waals surface area contributed by atoms with Gasteiger partial charge in [0.05, 0.1) is 21.2 Å². The zero-order chi connectivity index (χ0) is 15.9. The fraction of sp³-hybridized carbons (Fsp3) is 0. The van der Waals surface area contributed by atoms with Crippen LogP contribution in [-0.4, -0.2) is 20.2 Å². The summed E-state index contributed by atoms with van der Waals surface area (Å²) in [5.41, 5.74) is 0.454. The van der Waals surface area contributed by atoms with Gasteiger partial charge in [0, 0.05) is 11.5 Å². The zero-order valence-electron chi connectivity index (χ0n) is 10.8. The normalized spacial score (nSPS) is 10.9. The van der Waals surface area contributed by atoms with Crippen molar-refractivity contribution in [3.8, 4) is 11.5 Å². The fourth-order valence-electron chi connectivity index (χ4n) is 1.93. The van der Waals surface area contributed by atoms with E-state index in [9.17, 15) is 14.6 Å². The van der Waals surface area contributed by atoms with Crippen molar-refractivity contribution in [2.75, 3.05) is 5.32 Å². The Balaban J connectivity index is 2.12. The summed E-state index contributed by atoms with van der Waals surface area (Å²) >= 11 is 11.5. The van der Waals surface area contributed by atoms with Gasteiger partial charge in [-0.3, -0.25) is 0 Å². The van der Waals surface area contributed by atoms with Crippen molar-refractivity contribution in [2.24, 2.45) is 0 Å². The standard InChI is InChI=1S/C14H8Cl2FN3O2/c15-7-1-2-8(13(17)12(7)16)20-14-6-3-10(21)11(22)4-9(6)18-5-19-14/h1-5,21-22H,(H,18,19,20). The molecule has 0 atom stereocenters. The topological polar surface area (TPSA) is 78.3 Å². The van der Waals surface area contributed by atoms with Crippen LogP contribution in [0, 0.1) is 5.82 Å². The summed E-state index contributed by atoms with van der Waals surface area (Å²) in [6.07, 6.45) is 1.25. The highest BCUT2D eigenvalue weighted by molar-refractivity contribution is 6.42. The average molecular weight is 340 g/mol. The molecule has 0 unspecified atom stereocenters. The van der Waals surface area contributed by atoms with Gasteiger partial charge in [-0.15, -0.1) is 0 Å². The number of anilines is 2. The van der Waals surface area contributed by atoms with Crippen molar-refractivity contribution >= 4 is 45.6 Å². The molecule has 0 aliphatic carbocycles. The molecule has 0 fully saturated rings. The summed E-state index contributed by atoms with van der Waals surface area (Å²) < 4.78 is 14.1. The predicted octanol–water partition coefficient (Wildman–Crippen LogP) is 4.23. The van der Waals surface area contributed by atoms with E-state index in [4.69, 9.17) is 23.2 Å². The smallest absolute Gasteiger partial charge is 0.166 e. The van der Waals surface area contributed by atoms with Gasteiger partial charge >= 0.3 is 0 Å². The Hall–Kier alpha value is -2.31. The molecule has 2 aromatic carbocycles. The Morgan fingerprint density at radius 3 is 2.55 bits per heavy atom. The first-order valence-electron chi connectivity index (χ1n) is 6.04. The monoisotopic (exact) mass is 339 g/mol. The van der Waals surface area contributed by atoms with E-state index in [2.05, 4.69) is 15.3 Å². The van der Waals surface area contributed by atoms with Crippen molar-refractivity contribution in [2.45, 2.75) is 0 Å². The molecule has 3 aromatic rings. The third-order valence-corrected chi connectivity index (χ3v) is 3.80. The molecule has 0 bridgehead atoms. The lowest BCUT2D eigenvalue weighted by atomic mass is 10.2. The summed E-state index contributed by atoms with van der Waals surface area (Å²) in [7, 11) is 0. The number of benzene rings is 2. The van der Waals surface area contributed by atoms with Gasteiger partial charge in [0.25, 0.3) is 0 Å². The number of phenols is 2. The number of hydrogen-bond donors (Lipinski definition) is 3. The van der Waals surface area contributed by atoms with Gasteiger partial charge in [-0.05, 0) is 18.2 Å². The van der Waals surface area contributed by atoms with Crippen LogP contribution in [0.5, 0.6) is 11.5 Å². The number of nitrogens with one attached hydrogen (secondary N) is 1. The van der Waals surface area contributed by atoms with Crippen LogP contribution in [0.3, 0.4) is 0 Å². The third kappa shape index (κ3) is 2.47. The van der Waals surface area contributed by atoms with Crippen LogP contribution in [0.2, 0.25) is 10.0 Å². The van der Waals surface area contributed by atoms with E-state index >= 15 is 0 Å². The Morgan fingerprint density at radius 1 is 1.05 bits per heavy atom. The number of phenolic OH excluding ortho intramolecular Hbond substituents is 2. The summed E-state index contributed by atoms with van der Waals surface area (Å²) in [5, 5.41) is 22.2. The number of aromatic hydroxyl groups is 2. The first-order chi connectivity index (χ1) is 10.5. The zero-order valence-corrected chi connectivity index (χ0v) is 12.3. The molecule has 1 aromatic heterocycles. The van der Waals surface area contributed by atoms with Crippen LogP contribution in [0.25, 0.3) is 10.9 Å². The Bertz CT molecular complexity index is 890. The summed E-state index contributed by atoms with van der Waals surface area (Å²) in [5.74, 6) is -1.11. The first kappa shape index (κ1) is 14.6. The molecule has 3 N–H and O–H groups in total. The van der Waals surface area contributed by atoms with E-state index in [1.165, 1.54) is 30.6 Å². The highest BCUT2D eigenvalue weighted by atomic mass is 35.5. The second-order valence-corrected chi connectivity index (χ2v) is 5.21. The van der Waals surface area contributed by atoms with E-state index in [0.29, 0.717) is 10.9 Å². The Morgan fingerprint density at radius 2 is 1.77 bits per heavy atom. The van der Waals surface area contributed by atoms with Crippen LogP contribution in [0.15, 0.2) is 30.6 Å². The molecule has 0 spiro atoms. The summed E-state index contributed by atoms with van der Waals surface area (Å²) in [6.45, 7) is 0. The highest BCUT2D eigenvalue weighted by Crippen LogP contribution is 2.35. The van der Waals surface area contributed by atoms with Crippen molar-refractivity contribution in [3.63, 3.8) is 0 Å². The number of halogens is 3. The minimum atomic E-state index is -0.719. The number of rotatable bonds is 2. The van der Waals surface area contributed by atoms with Crippen LogP contribution >= 0.6 is 23.2 Å². The maximum Gasteiger partial charge on any atom is 0.166 e. The van der Waals surface area contributed by atoms with E-state index in [-0.39, 0.29) is 33.0 Å². The van der Waals surface area contributed by atoms with Gasteiger partial charge in [-0.1, -0.05) is 23.2 Å². The lowest BCUT2D eigenvalue weighted by Gasteiger charge is -2.11. The predicted molar refractivity (Wildman–Crippen MR) is 82.6 cm³/mol. The van der Waals surface area contributed by atoms with E-state index in [1.807, 2.05) is 0 Å². The van der Waals surface area contributed by atoms with Gasteiger partial charge in [0.15, 0.2) is 17.3 Å². The molecule has 0 amide bonds. The molecule has 0 saturated heterocycles. The van der Waals surface area contributed by atoms with Gasteiger partial charge in [0.1, 0.15) is 12.1 Å². The number of aromatic nitrogens is 2. The molecule has 3 rings (SSSR count). The SMILES string of the molecule is Oc1cc2ncnc(Nc3ccc(Cl)c(Cl)c3F)c2cc1O. The minimum absolute atomic E-state index is 0.0713. The Labute approximate surface area is 134 Å². The second kappa shape index (κ2) is 5.47. The van der Waals surface area contributed by atoms with Crippen molar-refractivity contribution in [1.82, 2.24) is 9.97 Å². The molecule has 0 radical (unpaired) electrons. The molecule has 112 valence electrons. The molecule has 0 saturated carbocycles. The number of fused-ring (bicyclic) bond motifs is 1. The third-order valence-electron chi connectivity index (χ3n) is 3.02. The Kier molecular flexibility index (Phi) is 3.64. The van der Waals surface area contributed by atoms with Gasteiger partial charge in [0.2, 0.25) is 0 Å². The quantitative estimate of drug-likeness (QED) is 0.481. The fourth-order valence-corrected chi connectivity index (χ4v) is 2.24. The largest absolute Gasteiger partial charge is 0.504 e. The molecule has 8 heteroatoms. The first-order valence-corrected chi connectivity index (χ1v) is 6.80. The van der Waals surface area contributed by atoms with Crippen LogP contribution < -0.4 is 5.32 Å². The lowest BCUT2D eigenvalue weighted by Crippen LogP contribution is -1.99. The van der Waals surface area contributed by atoms with Gasteiger partial charge in [-0.2, -0.15) is 0 Å². The summed E-state index contributed by atoms with van der Waals surface area (Å²) in [6, 6.07) is 5.42. The van der Waals surface area contributed by atoms with E-state index < -0.39 is 5.82 Å². The van der Waals surface area contributed by atoms with Crippen molar-refractivity contribution in [3.05, 3.63) is 46.5 Å². The molecular formula is C14H8Cl2FN3O2. The molecular weight excluding hydrogens is 332 g/mol. The number of hydrogen-bond acceptors (Lipinski definition) is 5. The molecule has 22 heavy (non-hydrogen) atoms. The molecule has 5 nitrogen and oxygen atoms in total. The second-order valence-electron chi connectivity index (χ2n) is 4.43. The maximum absolute atomic E-state index is 14.1. The number of nitrogens with zero attached hydrogens (tertiary/aromatic N) is 2. The van der Waals surface area contributed by atoms with Crippen LogP contribution in [-0.2, 0) is 0 Å². The maximum atomic E-state index is 14.1. The van der Waals surface area contributed by atoms with E-state index in [1.54, 1.807) is 0 Å². The molecule has 1 heterocycles. The molecule has 0 aliphatic heterocycles. The van der Waals surface area contributed by atoms with Crippen LogP contribution in [0.4, 0.5) is 15.9 Å². The van der Waals surface area contributed by atoms with Crippen LogP contribution in [0.1, 0.15) is 0 Å². The summed E-state index contributed by atoms with van der Waals surface area (Å²) in [4.78, 5) is 7.98. The van der Waals surface area contributed by atoms with E-state index in [0.717, 1.165) is 0 Å². The van der Waals surface area contributed by atoms with Crippen molar-refractivity contribution < 1.29 is 14.6 Å².